The Hall–Kier alpha value is -0.0400. The van der Waals surface area contributed by atoms with E-state index in [-0.39, 0.29) is 0 Å². The fraction of sp³-hybridized carbons (Fsp3) is 1.00. The van der Waals surface area contributed by atoms with Gasteiger partial charge in [0.2, 0.25) is 0 Å². The van der Waals surface area contributed by atoms with Crippen molar-refractivity contribution in [2.75, 3.05) is 6.54 Å². The van der Waals surface area contributed by atoms with Gasteiger partial charge in [0.1, 0.15) is 0 Å². The summed E-state index contributed by atoms with van der Waals surface area (Å²) >= 11 is 0. The van der Waals surface area contributed by atoms with Crippen molar-refractivity contribution in [1.29, 1.82) is 0 Å². The summed E-state index contributed by atoms with van der Waals surface area (Å²) in [5.74, 6) is 1.14. The minimum absolute atomic E-state index is 1.05. The highest BCUT2D eigenvalue weighted by molar-refractivity contribution is 5.09. The molecule has 4 aliphatic rings. The molecule has 3 aliphatic heterocycles. The summed E-state index contributed by atoms with van der Waals surface area (Å²) in [5, 5.41) is 0. The summed E-state index contributed by atoms with van der Waals surface area (Å²) < 4.78 is 0. The standard InChI is InChI=1S/C7H11N/c1-2-8-6-3-5(1)7(8)4-6/h5-7H,1-4H2. The van der Waals surface area contributed by atoms with Crippen molar-refractivity contribution in [3.05, 3.63) is 0 Å². The van der Waals surface area contributed by atoms with Gasteiger partial charge in [-0.2, -0.15) is 0 Å². The van der Waals surface area contributed by atoms with Gasteiger partial charge in [0.05, 0.1) is 0 Å². The first kappa shape index (κ1) is 3.89. The van der Waals surface area contributed by atoms with Gasteiger partial charge in [-0.3, -0.25) is 4.90 Å². The van der Waals surface area contributed by atoms with E-state index in [2.05, 4.69) is 4.90 Å². The van der Waals surface area contributed by atoms with Crippen molar-refractivity contribution in [3.8, 4) is 0 Å². The average molecular weight is 109 g/mol. The summed E-state index contributed by atoms with van der Waals surface area (Å²) in [4.78, 5) is 2.70. The van der Waals surface area contributed by atoms with E-state index >= 15 is 0 Å². The Labute approximate surface area is 49.7 Å². The average Bonchev–Trinajstić information content (AvgIpc) is 2.25. The lowest BCUT2D eigenvalue weighted by molar-refractivity contribution is 0.105. The molecule has 4 atom stereocenters. The van der Waals surface area contributed by atoms with Crippen LogP contribution >= 0.6 is 0 Å². The molecule has 0 aromatic carbocycles. The first-order valence-corrected chi connectivity index (χ1v) is 3.71. The van der Waals surface area contributed by atoms with Gasteiger partial charge in [-0.15, -0.1) is 0 Å². The summed E-state index contributed by atoms with van der Waals surface area (Å²) in [6, 6.07) is 2.12. The molecule has 0 amide bonds. The maximum Gasteiger partial charge on any atom is 0.0142 e. The number of hydrogen-bond donors (Lipinski definition) is 0. The molecule has 1 nitrogen and oxygen atoms in total. The summed E-state index contributed by atoms with van der Waals surface area (Å²) in [6.07, 6.45) is 4.61. The largest absolute Gasteiger partial charge is 0.297 e. The molecular weight excluding hydrogens is 98.1 g/mol. The Morgan fingerprint density at radius 3 is 2.62 bits per heavy atom. The molecule has 4 rings (SSSR count). The molecule has 1 saturated carbocycles. The molecule has 44 valence electrons. The number of hydrogen-bond acceptors (Lipinski definition) is 1. The third-order valence-electron chi connectivity index (χ3n) is 3.29. The second-order valence-electron chi connectivity index (χ2n) is 3.48. The Balaban J connectivity index is 2.06. The minimum atomic E-state index is 1.05. The van der Waals surface area contributed by atoms with Crippen LogP contribution in [-0.2, 0) is 0 Å². The van der Waals surface area contributed by atoms with Gasteiger partial charge in [-0.05, 0) is 31.7 Å². The van der Waals surface area contributed by atoms with E-state index in [1.54, 1.807) is 12.8 Å². The van der Waals surface area contributed by atoms with Gasteiger partial charge in [-0.1, -0.05) is 0 Å². The molecule has 3 heterocycles. The zero-order valence-corrected chi connectivity index (χ0v) is 5.01. The third kappa shape index (κ3) is 0.235. The topological polar surface area (TPSA) is 3.24 Å². The molecule has 0 aromatic heterocycles. The molecule has 8 heavy (non-hydrogen) atoms. The Morgan fingerprint density at radius 1 is 1.25 bits per heavy atom. The molecule has 3 saturated heterocycles. The highest BCUT2D eigenvalue weighted by atomic mass is 15.3. The van der Waals surface area contributed by atoms with Gasteiger partial charge in [0.15, 0.2) is 0 Å². The van der Waals surface area contributed by atoms with Gasteiger partial charge < -0.3 is 0 Å². The molecule has 0 N–H and O–H groups in total. The second kappa shape index (κ2) is 0.971. The van der Waals surface area contributed by atoms with Crippen LogP contribution in [0.2, 0.25) is 0 Å². The van der Waals surface area contributed by atoms with E-state index in [4.69, 9.17) is 0 Å². The van der Waals surface area contributed by atoms with Crippen molar-refractivity contribution in [2.24, 2.45) is 5.92 Å². The fourth-order valence-corrected chi connectivity index (χ4v) is 2.86. The quantitative estimate of drug-likeness (QED) is 0.446. The van der Waals surface area contributed by atoms with E-state index in [1.807, 2.05) is 0 Å². The lowest BCUT2D eigenvalue weighted by Gasteiger charge is -2.37. The van der Waals surface area contributed by atoms with Crippen LogP contribution < -0.4 is 0 Å². The Bertz CT molecular complexity index is 122. The van der Waals surface area contributed by atoms with Crippen LogP contribution in [0.1, 0.15) is 19.3 Å². The first-order chi connectivity index (χ1) is 3.95. The number of nitrogens with zero attached hydrogens (tertiary/aromatic N) is 1. The zero-order chi connectivity index (χ0) is 5.14. The summed E-state index contributed by atoms with van der Waals surface area (Å²) in [6.45, 7) is 1.43. The molecule has 0 radical (unpaired) electrons. The minimum Gasteiger partial charge on any atom is -0.297 e. The third-order valence-corrected chi connectivity index (χ3v) is 3.29. The van der Waals surface area contributed by atoms with Crippen LogP contribution in [0.4, 0.5) is 0 Å². The molecule has 0 aromatic rings. The van der Waals surface area contributed by atoms with Gasteiger partial charge in [0, 0.05) is 12.1 Å². The van der Waals surface area contributed by atoms with Gasteiger partial charge >= 0.3 is 0 Å². The Morgan fingerprint density at radius 2 is 2.25 bits per heavy atom. The number of rotatable bonds is 0. The van der Waals surface area contributed by atoms with Crippen LogP contribution in [0.15, 0.2) is 0 Å². The molecule has 1 heteroatoms. The monoisotopic (exact) mass is 109 g/mol. The molecule has 4 fully saturated rings. The molecule has 0 spiro atoms. The molecule has 1 aliphatic carbocycles. The maximum atomic E-state index is 2.70. The second-order valence-corrected chi connectivity index (χ2v) is 3.48. The van der Waals surface area contributed by atoms with Crippen LogP contribution in [0.25, 0.3) is 0 Å². The summed E-state index contributed by atoms with van der Waals surface area (Å²) in [5.41, 5.74) is 0. The van der Waals surface area contributed by atoms with Crippen molar-refractivity contribution < 1.29 is 0 Å². The lowest BCUT2D eigenvalue weighted by atomic mass is 10.1. The van der Waals surface area contributed by atoms with Crippen LogP contribution in [0, 0.1) is 5.92 Å². The summed E-state index contributed by atoms with van der Waals surface area (Å²) in [7, 11) is 0. The van der Waals surface area contributed by atoms with Crippen molar-refractivity contribution in [1.82, 2.24) is 4.90 Å². The van der Waals surface area contributed by atoms with Crippen molar-refractivity contribution in [2.45, 2.75) is 31.3 Å². The molecule has 4 unspecified atom stereocenters. The van der Waals surface area contributed by atoms with Crippen LogP contribution in [-0.4, -0.2) is 23.5 Å². The molecular formula is C7H11N. The van der Waals surface area contributed by atoms with E-state index in [0.29, 0.717) is 0 Å². The van der Waals surface area contributed by atoms with Crippen LogP contribution in [0.5, 0.6) is 0 Å². The first-order valence-electron chi connectivity index (χ1n) is 3.71. The van der Waals surface area contributed by atoms with Gasteiger partial charge in [0.25, 0.3) is 0 Å². The fourth-order valence-electron chi connectivity index (χ4n) is 2.86. The predicted octanol–water partition coefficient (Wildman–Crippen LogP) is 0.853. The van der Waals surface area contributed by atoms with E-state index < -0.39 is 0 Å². The van der Waals surface area contributed by atoms with Crippen LogP contribution in [0.3, 0.4) is 0 Å². The smallest absolute Gasteiger partial charge is 0.0142 e. The van der Waals surface area contributed by atoms with E-state index in [0.717, 1.165) is 18.0 Å². The van der Waals surface area contributed by atoms with Gasteiger partial charge in [-0.25, -0.2) is 0 Å². The van der Waals surface area contributed by atoms with E-state index in [1.165, 1.54) is 13.0 Å². The SMILES string of the molecule is C1CN2C3CC1C2C3. The lowest BCUT2D eigenvalue weighted by Crippen LogP contribution is -2.45. The highest BCUT2D eigenvalue weighted by Crippen LogP contribution is 2.50. The Kier molecular flexibility index (Phi) is 0.472. The predicted molar refractivity (Wildman–Crippen MR) is 31.6 cm³/mol. The molecule has 4 bridgehead atoms. The van der Waals surface area contributed by atoms with E-state index in [9.17, 15) is 0 Å². The number of piperidine rings is 1. The normalized spacial score (nSPS) is 66.0. The maximum absolute atomic E-state index is 2.70. The zero-order valence-electron chi connectivity index (χ0n) is 5.01. The van der Waals surface area contributed by atoms with Crippen molar-refractivity contribution >= 4 is 0 Å². The van der Waals surface area contributed by atoms with Crippen molar-refractivity contribution in [3.63, 3.8) is 0 Å². The highest BCUT2D eigenvalue weighted by Gasteiger charge is 2.54.